The van der Waals surface area contributed by atoms with E-state index in [2.05, 4.69) is 26.0 Å². The van der Waals surface area contributed by atoms with Gasteiger partial charge < -0.3 is 10.5 Å². The number of hydrogen-bond donors (Lipinski definition) is 1. The number of ether oxygens (including phenoxy) is 1. The molecule has 16 heavy (non-hydrogen) atoms. The Morgan fingerprint density at radius 2 is 2.12 bits per heavy atom. The number of rotatable bonds is 7. The smallest absolute Gasteiger partial charge is 0.119 e. The summed E-state index contributed by atoms with van der Waals surface area (Å²) < 4.78 is 5.66. The van der Waals surface area contributed by atoms with Crippen molar-refractivity contribution in [3.8, 4) is 5.75 Å². The minimum absolute atomic E-state index is 0.255. The van der Waals surface area contributed by atoms with Gasteiger partial charge in [-0.2, -0.15) is 0 Å². The summed E-state index contributed by atoms with van der Waals surface area (Å²) in [4.78, 5) is 0. The van der Waals surface area contributed by atoms with Gasteiger partial charge in [-0.15, -0.1) is 0 Å². The van der Waals surface area contributed by atoms with Crippen LogP contribution < -0.4 is 10.5 Å². The normalized spacial score (nSPS) is 12.4. The van der Waals surface area contributed by atoms with Gasteiger partial charge in [0.15, 0.2) is 0 Å². The predicted molar refractivity (Wildman–Crippen MR) is 68.8 cm³/mol. The van der Waals surface area contributed by atoms with E-state index < -0.39 is 0 Å². The zero-order valence-electron chi connectivity index (χ0n) is 10.4. The van der Waals surface area contributed by atoms with Gasteiger partial charge >= 0.3 is 0 Å². The third kappa shape index (κ3) is 4.67. The van der Waals surface area contributed by atoms with Crippen molar-refractivity contribution in [2.75, 3.05) is 6.61 Å². The summed E-state index contributed by atoms with van der Waals surface area (Å²) in [5.41, 5.74) is 7.20. The second-order valence-corrected chi connectivity index (χ2v) is 4.22. The summed E-state index contributed by atoms with van der Waals surface area (Å²) in [6.45, 7) is 5.09. The van der Waals surface area contributed by atoms with Gasteiger partial charge in [0.05, 0.1) is 6.61 Å². The molecule has 0 saturated heterocycles. The molecule has 0 aliphatic carbocycles. The molecule has 0 spiro atoms. The molecule has 0 aliphatic heterocycles. The van der Waals surface area contributed by atoms with Crippen LogP contribution in [0.2, 0.25) is 0 Å². The summed E-state index contributed by atoms with van der Waals surface area (Å²) >= 11 is 0. The first-order valence-corrected chi connectivity index (χ1v) is 6.23. The number of hydrogen-bond acceptors (Lipinski definition) is 2. The molecule has 2 heteroatoms. The molecule has 1 aromatic carbocycles. The molecule has 0 aliphatic rings. The maximum absolute atomic E-state index is 5.94. The Kier molecular flexibility index (Phi) is 5.94. The minimum atomic E-state index is 0.255. The molecular formula is C14H23NO. The van der Waals surface area contributed by atoms with Crippen LogP contribution >= 0.6 is 0 Å². The molecule has 1 unspecified atom stereocenters. The molecule has 0 aromatic heterocycles. The van der Waals surface area contributed by atoms with Crippen molar-refractivity contribution in [3.63, 3.8) is 0 Å². The molecule has 1 rings (SSSR count). The average molecular weight is 221 g/mol. The molecule has 1 atom stereocenters. The topological polar surface area (TPSA) is 35.2 Å². The van der Waals surface area contributed by atoms with Crippen molar-refractivity contribution in [3.05, 3.63) is 29.8 Å². The molecule has 0 radical (unpaired) electrons. The van der Waals surface area contributed by atoms with E-state index in [9.17, 15) is 0 Å². The first-order chi connectivity index (χ1) is 7.76. The van der Waals surface area contributed by atoms with Gasteiger partial charge in [-0.25, -0.2) is 0 Å². The maximum atomic E-state index is 5.94. The van der Waals surface area contributed by atoms with Crippen LogP contribution in [0.1, 0.15) is 38.7 Å². The van der Waals surface area contributed by atoms with Gasteiger partial charge in [0.2, 0.25) is 0 Å². The third-order valence-electron chi connectivity index (χ3n) is 2.69. The summed E-state index contributed by atoms with van der Waals surface area (Å²) in [5, 5.41) is 0. The van der Waals surface area contributed by atoms with Crippen LogP contribution in [0.15, 0.2) is 24.3 Å². The van der Waals surface area contributed by atoms with E-state index in [1.54, 1.807) is 0 Å². The Bertz CT molecular complexity index is 299. The average Bonchev–Trinajstić information content (AvgIpc) is 2.30. The fourth-order valence-corrected chi connectivity index (χ4v) is 1.54. The minimum Gasteiger partial charge on any atom is -0.494 e. The Balaban J connectivity index is 2.50. The van der Waals surface area contributed by atoms with Crippen LogP contribution in [0.4, 0.5) is 0 Å². The first-order valence-electron chi connectivity index (χ1n) is 6.23. The molecule has 0 bridgehead atoms. The van der Waals surface area contributed by atoms with Gasteiger partial charge in [0, 0.05) is 6.04 Å². The summed E-state index contributed by atoms with van der Waals surface area (Å²) in [5.74, 6) is 0.967. The Morgan fingerprint density at radius 1 is 1.31 bits per heavy atom. The van der Waals surface area contributed by atoms with Crippen LogP contribution in [-0.2, 0) is 6.42 Å². The first kappa shape index (κ1) is 13.0. The monoisotopic (exact) mass is 221 g/mol. The van der Waals surface area contributed by atoms with Crippen molar-refractivity contribution in [2.45, 2.75) is 45.6 Å². The van der Waals surface area contributed by atoms with Gasteiger partial charge in [0.25, 0.3) is 0 Å². The molecule has 2 nitrogen and oxygen atoms in total. The highest BCUT2D eigenvalue weighted by Gasteiger charge is 2.02. The Hall–Kier alpha value is -1.02. The fraction of sp³-hybridized carbons (Fsp3) is 0.571. The molecule has 0 amide bonds. The highest BCUT2D eigenvalue weighted by atomic mass is 16.5. The van der Waals surface area contributed by atoms with Crippen molar-refractivity contribution < 1.29 is 4.74 Å². The van der Waals surface area contributed by atoms with Crippen LogP contribution in [0, 0.1) is 0 Å². The lowest BCUT2D eigenvalue weighted by atomic mass is 10.0. The highest BCUT2D eigenvalue weighted by Crippen LogP contribution is 2.15. The van der Waals surface area contributed by atoms with Crippen LogP contribution in [-0.4, -0.2) is 12.6 Å². The molecule has 1 aromatic rings. The van der Waals surface area contributed by atoms with Crippen LogP contribution in [0.3, 0.4) is 0 Å². The third-order valence-corrected chi connectivity index (χ3v) is 2.69. The quantitative estimate of drug-likeness (QED) is 0.718. The summed E-state index contributed by atoms with van der Waals surface area (Å²) in [7, 11) is 0. The van der Waals surface area contributed by atoms with E-state index in [1.165, 1.54) is 12.0 Å². The van der Waals surface area contributed by atoms with Crippen molar-refractivity contribution in [1.82, 2.24) is 0 Å². The van der Waals surface area contributed by atoms with E-state index in [1.807, 2.05) is 12.1 Å². The van der Waals surface area contributed by atoms with E-state index >= 15 is 0 Å². The van der Waals surface area contributed by atoms with Gasteiger partial charge in [-0.05, 0) is 37.0 Å². The zero-order valence-corrected chi connectivity index (χ0v) is 10.4. The Labute approximate surface area is 98.8 Å². The van der Waals surface area contributed by atoms with Gasteiger partial charge in [0.1, 0.15) is 5.75 Å². The van der Waals surface area contributed by atoms with Crippen LogP contribution in [0.5, 0.6) is 5.75 Å². The molecular weight excluding hydrogens is 198 g/mol. The molecule has 2 N–H and O–H groups in total. The SMILES string of the molecule is CCCCOc1cccc(CC(N)CC)c1. The summed E-state index contributed by atoms with van der Waals surface area (Å²) in [6.07, 6.45) is 4.22. The molecule has 0 heterocycles. The van der Waals surface area contributed by atoms with Crippen molar-refractivity contribution in [1.29, 1.82) is 0 Å². The zero-order chi connectivity index (χ0) is 11.8. The van der Waals surface area contributed by atoms with E-state index in [4.69, 9.17) is 10.5 Å². The standard InChI is InChI=1S/C14H23NO/c1-3-5-9-16-14-8-6-7-12(11-14)10-13(15)4-2/h6-8,11,13H,3-5,9-10,15H2,1-2H3. The molecule has 0 fully saturated rings. The maximum Gasteiger partial charge on any atom is 0.119 e. The summed E-state index contributed by atoms with van der Waals surface area (Å²) in [6, 6.07) is 8.52. The predicted octanol–water partition coefficient (Wildman–Crippen LogP) is 3.15. The lowest BCUT2D eigenvalue weighted by molar-refractivity contribution is 0.309. The molecule has 90 valence electrons. The lowest BCUT2D eigenvalue weighted by Crippen LogP contribution is -2.21. The largest absolute Gasteiger partial charge is 0.494 e. The fourth-order valence-electron chi connectivity index (χ4n) is 1.54. The molecule has 0 saturated carbocycles. The Morgan fingerprint density at radius 3 is 2.81 bits per heavy atom. The van der Waals surface area contributed by atoms with E-state index in [-0.39, 0.29) is 6.04 Å². The van der Waals surface area contributed by atoms with E-state index in [0.717, 1.165) is 31.6 Å². The second-order valence-electron chi connectivity index (χ2n) is 4.22. The van der Waals surface area contributed by atoms with Gasteiger partial charge in [-0.3, -0.25) is 0 Å². The van der Waals surface area contributed by atoms with E-state index in [0.29, 0.717) is 0 Å². The number of benzene rings is 1. The number of unbranched alkanes of at least 4 members (excludes halogenated alkanes) is 1. The van der Waals surface area contributed by atoms with Gasteiger partial charge in [-0.1, -0.05) is 32.4 Å². The van der Waals surface area contributed by atoms with Crippen molar-refractivity contribution >= 4 is 0 Å². The number of nitrogens with two attached hydrogens (primary N) is 1. The van der Waals surface area contributed by atoms with Crippen LogP contribution in [0.25, 0.3) is 0 Å². The highest BCUT2D eigenvalue weighted by molar-refractivity contribution is 5.29. The lowest BCUT2D eigenvalue weighted by Gasteiger charge is -2.10. The second kappa shape index (κ2) is 7.29. The van der Waals surface area contributed by atoms with Crippen molar-refractivity contribution in [2.24, 2.45) is 5.73 Å².